The maximum absolute atomic E-state index is 13.0. The molecule has 0 spiro atoms. The smallest absolute Gasteiger partial charge is 0.141 e. The van der Waals surface area contributed by atoms with E-state index in [4.69, 9.17) is 11.6 Å². The van der Waals surface area contributed by atoms with E-state index in [2.05, 4.69) is 5.32 Å². The summed E-state index contributed by atoms with van der Waals surface area (Å²) in [6.07, 6.45) is 0. The van der Waals surface area contributed by atoms with E-state index < -0.39 is 5.82 Å². The zero-order valence-electron chi connectivity index (χ0n) is 11.5. The number of benzene rings is 2. The van der Waals surface area contributed by atoms with E-state index in [1.54, 1.807) is 12.1 Å². The van der Waals surface area contributed by atoms with E-state index in [9.17, 15) is 9.50 Å². The number of rotatable bonds is 4. The van der Waals surface area contributed by atoms with Crippen molar-refractivity contribution < 1.29 is 9.50 Å². The number of nitrogens with one attached hydrogen (secondary N) is 1. The Labute approximate surface area is 123 Å². The van der Waals surface area contributed by atoms with E-state index in [-0.39, 0.29) is 5.02 Å². The lowest BCUT2D eigenvalue weighted by molar-refractivity contribution is 0.466. The van der Waals surface area contributed by atoms with Gasteiger partial charge >= 0.3 is 0 Å². The Morgan fingerprint density at radius 1 is 1.05 bits per heavy atom. The van der Waals surface area contributed by atoms with E-state index in [1.807, 2.05) is 26.0 Å². The number of hydrogen-bond donors (Lipinski definition) is 2. The average Bonchev–Trinajstić information content (AvgIpc) is 2.40. The van der Waals surface area contributed by atoms with Gasteiger partial charge in [-0.15, -0.1) is 0 Å². The summed E-state index contributed by atoms with van der Waals surface area (Å²) < 4.78 is 13.0. The number of aromatic hydroxyl groups is 1. The molecule has 0 saturated carbocycles. The topological polar surface area (TPSA) is 32.3 Å². The Bertz CT molecular complexity index is 605. The van der Waals surface area contributed by atoms with Gasteiger partial charge in [0.2, 0.25) is 0 Å². The maximum atomic E-state index is 13.0. The molecule has 2 rings (SSSR count). The molecule has 0 unspecified atom stereocenters. The molecule has 2 nitrogen and oxygen atoms in total. The van der Waals surface area contributed by atoms with Crippen LogP contribution < -0.4 is 5.32 Å². The molecule has 0 radical (unpaired) electrons. The number of hydrogen-bond acceptors (Lipinski definition) is 2. The van der Waals surface area contributed by atoms with E-state index in [0.29, 0.717) is 18.8 Å². The van der Waals surface area contributed by atoms with Crippen molar-refractivity contribution in [2.24, 2.45) is 0 Å². The highest BCUT2D eigenvalue weighted by Gasteiger charge is 2.04. The first-order chi connectivity index (χ1) is 9.47. The van der Waals surface area contributed by atoms with Crippen molar-refractivity contribution in [3.05, 3.63) is 63.4 Å². The van der Waals surface area contributed by atoms with E-state index in [1.165, 1.54) is 6.07 Å². The Balaban J connectivity index is 1.97. The fourth-order valence-electron chi connectivity index (χ4n) is 2.15. The van der Waals surface area contributed by atoms with Crippen LogP contribution in [0.2, 0.25) is 5.02 Å². The van der Waals surface area contributed by atoms with Gasteiger partial charge < -0.3 is 10.4 Å². The highest BCUT2D eigenvalue weighted by atomic mass is 35.5. The summed E-state index contributed by atoms with van der Waals surface area (Å²) in [5.74, 6) is -0.0562. The van der Waals surface area contributed by atoms with Crippen molar-refractivity contribution in [3.8, 4) is 5.75 Å². The maximum Gasteiger partial charge on any atom is 0.141 e. The molecule has 0 amide bonds. The molecule has 0 bridgehead atoms. The molecular formula is C16H17ClFNO. The predicted octanol–water partition coefficient (Wildman–Crippen LogP) is 4.09. The average molecular weight is 294 g/mol. The second-order valence-electron chi connectivity index (χ2n) is 4.93. The minimum absolute atomic E-state index is 0.139. The van der Waals surface area contributed by atoms with Gasteiger partial charge in [-0.25, -0.2) is 4.39 Å². The third kappa shape index (κ3) is 3.50. The predicted molar refractivity (Wildman–Crippen MR) is 79.5 cm³/mol. The Kier molecular flexibility index (Phi) is 4.63. The lowest BCUT2D eigenvalue weighted by atomic mass is 10.1. The lowest BCUT2D eigenvalue weighted by Gasteiger charge is -2.09. The van der Waals surface area contributed by atoms with Crippen LogP contribution >= 0.6 is 11.6 Å². The largest absolute Gasteiger partial charge is 0.507 e. The molecule has 20 heavy (non-hydrogen) atoms. The van der Waals surface area contributed by atoms with Crippen molar-refractivity contribution >= 4 is 11.6 Å². The second kappa shape index (κ2) is 6.25. The zero-order chi connectivity index (χ0) is 14.7. The minimum Gasteiger partial charge on any atom is -0.507 e. The van der Waals surface area contributed by atoms with Crippen LogP contribution in [0.15, 0.2) is 30.3 Å². The molecule has 0 fully saturated rings. The summed E-state index contributed by atoms with van der Waals surface area (Å²) in [7, 11) is 0. The summed E-state index contributed by atoms with van der Waals surface area (Å²) in [5.41, 5.74) is 3.77. The van der Waals surface area contributed by atoms with Crippen LogP contribution in [0.4, 0.5) is 4.39 Å². The quantitative estimate of drug-likeness (QED) is 0.890. The van der Waals surface area contributed by atoms with Crippen LogP contribution in [0.5, 0.6) is 5.75 Å². The summed E-state index contributed by atoms with van der Waals surface area (Å²) in [5, 5.41) is 13.1. The van der Waals surface area contributed by atoms with Gasteiger partial charge in [-0.1, -0.05) is 29.8 Å². The molecule has 0 aromatic heterocycles. The summed E-state index contributed by atoms with van der Waals surface area (Å²) >= 11 is 5.74. The highest BCUT2D eigenvalue weighted by molar-refractivity contribution is 6.30. The SMILES string of the molecule is Cc1cc(CNCc2ccc(F)c(Cl)c2)cc(C)c1O. The molecule has 2 N–H and O–H groups in total. The van der Waals surface area contributed by atoms with Crippen molar-refractivity contribution in [2.45, 2.75) is 26.9 Å². The van der Waals surface area contributed by atoms with Crippen LogP contribution in [-0.4, -0.2) is 5.11 Å². The van der Waals surface area contributed by atoms with Crippen molar-refractivity contribution in [1.29, 1.82) is 0 Å². The first kappa shape index (κ1) is 14.8. The molecule has 2 aromatic rings. The van der Waals surface area contributed by atoms with Gasteiger partial charge in [0.15, 0.2) is 0 Å². The van der Waals surface area contributed by atoms with Gasteiger partial charge in [-0.3, -0.25) is 0 Å². The highest BCUT2D eigenvalue weighted by Crippen LogP contribution is 2.23. The van der Waals surface area contributed by atoms with Crippen LogP contribution in [0.25, 0.3) is 0 Å². The number of halogens is 2. The van der Waals surface area contributed by atoms with Crippen LogP contribution in [0.3, 0.4) is 0 Å². The number of phenols is 1. The number of phenolic OH excluding ortho intramolecular Hbond substituents is 1. The van der Waals surface area contributed by atoms with E-state index in [0.717, 1.165) is 22.3 Å². The molecule has 106 valence electrons. The van der Waals surface area contributed by atoms with Crippen LogP contribution in [-0.2, 0) is 13.1 Å². The zero-order valence-corrected chi connectivity index (χ0v) is 12.3. The summed E-state index contributed by atoms with van der Waals surface area (Å²) in [6, 6.07) is 8.60. The van der Waals surface area contributed by atoms with Gasteiger partial charge in [0.05, 0.1) is 5.02 Å². The first-order valence-electron chi connectivity index (χ1n) is 6.41. The Hall–Kier alpha value is -1.58. The van der Waals surface area contributed by atoms with E-state index >= 15 is 0 Å². The summed E-state index contributed by atoms with van der Waals surface area (Å²) in [4.78, 5) is 0. The monoisotopic (exact) mass is 293 g/mol. The standard InChI is InChI=1S/C16H17ClFNO/c1-10-5-13(6-11(2)16(10)20)9-19-8-12-3-4-15(18)14(17)7-12/h3-7,19-20H,8-9H2,1-2H3. The first-order valence-corrected chi connectivity index (χ1v) is 6.79. The van der Waals surface area contributed by atoms with Gasteiger partial charge in [-0.05, 0) is 48.2 Å². The van der Waals surface area contributed by atoms with Gasteiger partial charge in [0, 0.05) is 13.1 Å². The fraction of sp³-hybridized carbons (Fsp3) is 0.250. The minimum atomic E-state index is -0.403. The molecular weight excluding hydrogens is 277 g/mol. The van der Waals surface area contributed by atoms with Gasteiger partial charge in [-0.2, -0.15) is 0 Å². The molecule has 2 aromatic carbocycles. The van der Waals surface area contributed by atoms with Crippen molar-refractivity contribution in [3.63, 3.8) is 0 Å². The molecule has 0 saturated heterocycles. The fourth-order valence-corrected chi connectivity index (χ4v) is 2.35. The van der Waals surface area contributed by atoms with Crippen LogP contribution in [0, 0.1) is 19.7 Å². The molecule has 0 aliphatic heterocycles. The Morgan fingerprint density at radius 2 is 1.65 bits per heavy atom. The Morgan fingerprint density at radius 3 is 2.25 bits per heavy atom. The van der Waals surface area contributed by atoms with Crippen molar-refractivity contribution in [1.82, 2.24) is 5.32 Å². The second-order valence-corrected chi connectivity index (χ2v) is 5.34. The van der Waals surface area contributed by atoms with Crippen molar-refractivity contribution in [2.75, 3.05) is 0 Å². The van der Waals surface area contributed by atoms with Crippen LogP contribution in [0.1, 0.15) is 22.3 Å². The summed E-state index contributed by atoms with van der Waals surface area (Å²) in [6.45, 7) is 5.05. The normalized spacial score (nSPS) is 10.8. The lowest BCUT2D eigenvalue weighted by Crippen LogP contribution is -2.13. The molecule has 0 atom stereocenters. The van der Waals surface area contributed by atoms with Gasteiger partial charge in [0.25, 0.3) is 0 Å². The molecule has 0 heterocycles. The number of aryl methyl sites for hydroxylation is 2. The third-order valence-corrected chi connectivity index (χ3v) is 3.48. The molecule has 4 heteroatoms. The third-order valence-electron chi connectivity index (χ3n) is 3.19. The molecule has 0 aliphatic rings. The van der Waals surface area contributed by atoms with Gasteiger partial charge in [0.1, 0.15) is 11.6 Å². The molecule has 0 aliphatic carbocycles.